The van der Waals surface area contributed by atoms with Crippen molar-refractivity contribution in [3.05, 3.63) is 63.1 Å². The van der Waals surface area contributed by atoms with Crippen LogP contribution in [0.5, 0.6) is 5.75 Å². The lowest BCUT2D eigenvalue weighted by Gasteiger charge is -2.15. The van der Waals surface area contributed by atoms with Crippen LogP contribution < -0.4 is 4.74 Å². The van der Waals surface area contributed by atoms with Gasteiger partial charge in [0.2, 0.25) is 0 Å². The van der Waals surface area contributed by atoms with Gasteiger partial charge in [-0.3, -0.25) is 0 Å². The van der Waals surface area contributed by atoms with Crippen molar-refractivity contribution in [1.29, 1.82) is 0 Å². The van der Waals surface area contributed by atoms with Gasteiger partial charge in [-0.1, -0.05) is 56.1 Å². The van der Waals surface area contributed by atoms with Crippen molar-refractivity contribution in [2.24, 2.45) is 0 Å². The molecule has 110 valence electrons. The smallest absolute Gasteiger partial charge is 0.120 e. The van der Waals surface area contributed by atoms with Crippen LogP contribution in [0.3, 0.4) is 0 Å². The van der Waals surface area contributed by atoms with Crippen molar-refractivity contribution in [1.82, 2.24) is 0 Å². The fraction of sp³-hybridized carbons (Fsp3) is 0.333. The summed E-state index contributed by atoms with van der Waals surface area (Å²) in [6.45, 7) is 2.69. The van der Waals surface area contributed by atoms with Crippen LogP contribution in [0.4, 0.5) is 0 Å². The van der Waals surface area contributed by atoms with Gasteiger partial charge in [0, 0.05) is 4.47 Å². The van der Waals surface area contributed by atoms with E-state index in [1.807, 2.05) is 19.1 Å². The van der Waals surface area contributed by atoms with Crippen LogP contribution in [-0.4, -0.2) is 6.61 Å². The highest BCUT2D eigenvalue weighted by molar-refractivity contribution is 9.11. The third-order valence-corrected chi connectivity index (χ3v) is 5.68. The molecular weight excluding hydrogens is 392 g/mol. The molecule has 1 aliphatic carbocycles. The zero-order valence-electron chi connectivity index (χ0n) is 12.0. The van der Waals surface area contributed by atoms with Crippen LogP contribution in [-0.2, 0) is 12.8 Å². The second-order valence-corrected chi connectivity index (χ2v) is 7.13. The molecule has 1 aliphatic rings. The molecule has 0 aromatic heterocycles. The minimum atomic E-state index is 0.202. The number of hydrogen-bond donors (Lipinski definition) is 0. The predicted octanol–water partition coefficient (Wildman–Crippen LogP) is 5.82. The van der Waals surface area contributed by atoms with Gasteiger partial charge >= 0.3 is 0 Å². The second-order valence-electron chi connectivity index (χ2n) is 5.36. The Hall–Kier alpha value is -0.800. The minimum absolute atomic E-state index is 0.202. The van der Waals surface area contributed by atoms with Crippen molar-refractivity contribution in [3.8, 4) is 5.75 Å². The molecule has 0 bridgehead atoms. The molecule has 0 spiro atoms. The Kier molecular flexibility index (Phi) is 4.70. The highest BCUT2D eigenvalue weighted by Crippen LogP contribution is 2.38. The third kappa shape index (κ3) is 3.19. The molecule has 2 aromatic rings. The van der Waals surface area contributed by atoms with Crippen LogP contribution in [0.25, 0.3) is 0 Å². The van der Waals surface area contributed by atoms with Crippen LogP contribution in [0.1, 0.15) is 40.4 Å². The first-order chi connectivity index (χ1) is 10.2. The number of ether oxygens (including phenoxy) is 1. The monoisotopic (exact) mass is 408 g/mol. The molecule has 3 heteroatoms. The average molecular weight is 410 g/mol. The van der Waals surface area contributed by atoms with E-state index in [1.165, 1.54) is 41.5 Å². The van der Waals surface area contributed by atoms with E-state index in [0.717, 1.165) is 10.2 Å². The molecule has 0 heterocycles. The Labute approximate surface area is 143 Å². The normalized spacial score (nSPS) is 14.8. The van der Waals surface area contributed by atoms with Crippen molar-refractivity contribution in [3.63, 3.8) is 0 Å². The van der Waals surface area contributed by atoms with E-state index in [9.17, 15) is 0 Å². The van der Waals surface area contributed by atoms with Gasteiger partial charge in [-0.15, -0.1) is 0 Å². The molecular formula is C18H18Br2O. The molecule has 0 N–H and O–H groups in total. The molecule has 0 amide bonds. The Morgan fingerprint density at radius 1 is 1.10 bits per heavy atom. The number of hydrogen-bond acceptors (Lipinski definition) is 1. The molecule has 1 atom stereocenters. The molecule has 0 radical (unpaired) electrons. The Bertz CT molecular complexity index is 652. The number of halogens is 2. The van der Waals surface area contributed by atoms with Gasteiger partial charge in [0.25, 0.3) is 0 Å². The molecule has 0 saturated heterocycles. The summed E-state index contributed by atoms with van der Waals surface area (Å²) in [6, 6.07) is 13.1. The lowest BCUT2D eigenvalue weighted by Crippen LogP contribution is -1.97. The lowest BCUT2D eigenvalue weighted by atomic mass is 10.0. The maximum atomic E-state index is 5.54. The molecule has 1 unspecified atom stereocenters. The number of aryl methyl sites for hydroxylation is 2. The fourth-order valence-corrected chi connectivity index (χ4v) is 4.48. The first kappa shape index (κ1) is 15.1. The van der Waals surface area contributed by atoms with Crippen molar-refractivity contribution in [2.45, 2.75) is 31.0 Å². The third-order valence-electron chi connectivity index (χ3n) is 3.97. The van der Waals surface area contributed by atoms with Crippen LogP contribution >= 0.6 is 31.9 Å². The van der Waals surface area contributed by atoms with Crippen LogP contribution in [0, 0.1) is 0 Å². The summed E-state index contributed by atoms with van der Waals surface area (Å²) in [5.41, 5.74) is 5.58. The fourth-order valence-electron chi connectivity index (χ4n) is 2.90. The summed E-state index contributed by atoms with van der Waals surface area (Å²) in [7, 11) is 0. The molecule has 21 heavy (non-hydrogen) atoms. The van der Waals surface area contributed by atoms with Gasteiger partial charge < -0.3 is 4.74 Å². The highest BCUT2D eigenvalue weighted by atomic mass is 79.9. The van der Waals surface area contributed by atoms with E-state index in [1.54, 1.807) is 0 Å². The number of fused-ring (bicyclic) bond motifs is 1. The zero-order chi connectivity index (χ0) is 14.8. The van der Waals surface area contributed by atoms with Gasteiger partial charge in [-0.25, -0.2) is 0 Å². The summed E-state index contributed by atoms with van der Waals surface area (Å²) in [5, 5.41) is 0. The summed E-state index contributed by atoms with van der Waals surface area (Å²) < 4.78 is 6.62. The number of benzene rings is 2. The van der Waals surface area contributed by atoms with Gasteiger partial charge in [-0.2, -0.15) is 0 Å². The van der Waals surface area contributed by atoms with Crippen LogP contribution in [0.2, 0.25) is 0 Å². The topological polar surface area (TPSA) is 9.23 Å². The van der Waals surface area contributed by atoms with Crippen LogP contribution in [0.15, 0.2) is 40.9 Å². The SMILES string of the molecule is CCOc1ccc(C(Br)c2ccc3c(c2)CCC3)c(Br)c1. The molecule has 0 aliphatic heterocycles. The van der Waals surface area contributed by atoms with E-state index in [0.29, 0.717) is 6.61 Å². The first-order valence-electron chi connectivity index (χ1n) is 7.37. The minimum Gasteiger partial charge on any atom is -0.494 e. The zero-order valence-corrected chi connectivity index (χ0v) is 15.2. The van der Waals surface area contributed by atoms with Gasteiger partial charge in [0.1, 0.15) is 5.75 Å². The Morgan fingerprint density at radius 3 is 2.67 bits per heavy atom. The average Bonchev–Trinajstić information content (AvgIpc) is 2.94. The number of rotatable bonds is 4. The molecule has 0 fully saturated rings. The molecule has 3 rings (SSSR count). The lowest BCUT2D eigenvalue weighted by molar-refractivity contribution is 0.340. The van der Waals surface area contributed by atoms with E-state index >= 15 is 0 Å². The summed E-state index contributed by atoms with van der Waals surface area (Å²) >= 11 is 7.51. The van der Waals surface area contributed by atoms with E-state index in [2.05, 4.69) is 56.1 Å². The maximum absolute atomic E-state index is 5.54. The summed E-state index contributed by atoms with van der Waals surface area (Å²) in [6.07, 6.45) is 3.74. The van der Waals surface area contributed by atoms with Crippen molar-refractivity contribution >= 4 is 31.9 Å². The quantitative estimate of drug-likeness (QED) is 0.578. The Morgan fingerprint density at radius 2 is 1.90 bits per heavy atom. The largest absolute Gasteiger partial charge is 0.494 e. The first-order valence-corrected chi connectivity index (χ1v) is 9.08. The molecule has 1 nitrogen and oxygen atoms in total. The van der Waals surface area contributed by atoms with Gasteiger partial charge in [0.15, 0.2) is 0 Å². The maximum Gasteiger partial charge on any atom is 0.120 e. The highest BCUT2D eigenvalue weighted by Gasteiger charge is 2.17. The van der Waals surface area contributed by atoms with E-state index < -0.39 is 0 Å². The van der Waals surface area contributed by atoms with E-state index in [4.69, 9.17) is 4.74 Å². The van der Waals surface area contributed by atoms with E-state index in [-0.39, 0.29) is 4.83 Å². The van der Waals surface area contributed by atoms with Crippen molar-refractivity contribution < 1.29 is 4.74 Å². The van der Waals surface area contributed by atoms with Gasteiger partial charge in [0.05, 0.1) is 11.4 Å². The summed E-state index contributed by atoms with van der Waals surface area (Å²) in [5.74, 6) is 0.904. The van der Waals surface area contributed by atoms with Crippen molar-refractivity contribution in [2.75, 3.05) is 6.61 Å². The summed E-state index contributed by atoms with van der Waals surface area (Å²) in [4.78, 5) is 0.202. The number of alkyl halides is 1. The standard InChI is InChI=1S/C18H18Br2O/c1-2-21-15-8-9-16(17(19)11-15)18(20)14-7-6-12-4-3-5-13(12)10-14/h6-11,18H,2-5H2,1H3. The second kappa shape index (κ2) is 6.53. The predicted molar refractivity (Wildman–Crippen MR) is 94.5 cm³/mol. The molecule has 2 aromatic carbocycles. The Balaban J connectivity index is 1.89. The van der Waals surface area contributed by atoms with Gasteiger partial charge in [-0.05, 0) is 60.6 Å². The molecule has 0 saturated carbocycles.